The maximum absolute atomic E-state index is 12.4. The summed E-state index contributed by atoms with van der Waals surface area (Å²) in [4.78, 5) is 12.4. The van der Waals surface area contributed by atoms with Crippen molar-refractivity contribution in [1.82, 2.24) is 5.32 Å². The Morgan fingerprint density at radius 2 is 1.96 bits per heavy atom. The van der Waals surface area contributed by atoms with Crippen LogP contribution in [0.15, 0.2) is 42.5 Å². The molecule has 0 bridgehead atoms. The largest absolute Gasteiger partial charge is 0.454 e. The molecule has 0 spiro atoms. The summed E-state index contributed by atoms with van der Waals surface area (Å²) in [5.74, 6) is 1.13. The third-order valence-electron chi connectivity index (χ3n) is 3.93. The number of fused-ring (bicyclic) bond motifs is 1. The molecule has 0 fully saturated rings. The lowest BCUT2D eigenvalue weighted by molar-refractivity contribution is 0.0945. The summed E-state index contributed by atoms with van der Waals surface area (Å²) in [5, 5.41) is 3.66. The van der Waals surface area contributed by atoms with Gasteiger partial charge in [0.2, 0.25) is 6.79 Å². The van der Waals surface area contributed by atoms with E-state index in [1.165, 1.54) is 0 Å². The smallest absolute Gasteiger partial charge is 0.251 e. The Kier molecular flexibility index (Phi) is 4.18. The van der Waals surface area contributed by atoms with Gasteiger partial charge in [-0.05, 0) is 35.9 Å². The Labute approximate surface area is 140 Å². The predicted octanol–water partition coefficient (Wildman–Crippen LogP) is 3.78. The van der Waals surface area contributed by atoms with Gasteiger partial charge in [0.1, 0.15) is 0 Å². The number of hydrogen-bond acceptors (Lipinski definition) is 3. The highest BCUT2D eigenvalue weighted by Gasteiger charge is 2.23. The van der Waals surface area contributed by atoms with Crippen LogP contribution in [-0.2, 0) is 5.41 Å². The number of benzene rings is 2. The van der Waals surface area contributed by atoms with Crippen LogP contribution in [0.2, 0.25) is 5.02 Å². The molecule has 0 unspecified atom stereocenters. The van der Waals surface area contributed by atoms with Crippen molar-refractivity contribution in [1.29, 1.82) is 0 Å². The van der Waals surface area contributed by atoms with Gasteiger partial charge in [0.25, 0.3) is 5.91 Å². The van der Waals surface area contributed by atoms with Crippen molar-refractivity contribution in [3.63, 3.8) is 0 Å². The maximum atomic E-state index is 12.4. The number of rotatable bonds is 4. The summed E-state index contributed by atoms with van der Waals surface area (Å²) in [6.07, 6.45) is 0. The Morgan fingerprint density at radius 1 is 1.17 bits per heavy atom. The second-order valence-electron chi connectivity index (χ2n) is 6.14. The van der Waals surface area contributed by atoms with Gasteiger partial charge in [-0.1, -0.05) is 37.6 Å². The van der Waals surface area contributed by atoms with Gasteiger partial charge in [0, 0.05) is 22.5 Å². The van der Waals surface area contributed by atoms with Gasteiger partial charge < -0.3 is 14.8 Å². The van der Waals surface area contributed by atoms with Crippen molar-refractivity contribution < 1.29 is 14.3 Å². The van der Waals surface area contributed by atoms with Crippen LogP contribution in [0.1, 0.15) is 29.8 Å². The number of amides is 1. The Hall–Kier alpha value is -2.20. The van der Waals surface area contributed by atoms with E-state index < -0.39 is 0 Å². The summed E-state index contributed by atoms with van der Waals surface area (Å²) >= 11 is 6.05. The molecule has 1 amide bonds. The number of halogens is 1. The first-order valence-electron chi connectivity index (χ1n) is 7.40. The topological polar surface area (TPSA) is 47.6 Å². The number of carbonyl (C=O) groups is 1. The molecule has 1 N–H and O–H groups in total. The van der Waals surface area contributed by atoms with E-state index in [1.807, 2.05) is 24.3 Å². The van der Waals surface area contributed by atoms with Crippen molar-refractivity contribution in [3.8, 4) is 11.5 Å². The quantitative estimate of drug-likeness (QED) is 0.927. The normalized spacial score (nSPS) is 13.0. The van der Waals surface area contributed by atoms with Crippen LogP contribution in [0, 0.1) is 0 Å². The van der Waals surface area contributed by atoms with Crippen molar-refractivity contribution in [2.45, 2.75) is 19.3 Å². The molecule has 0 saturated carbocycles. The van der Waals surface area contributed by atoms with Crippen LogP contribution in [0.25, 0.3) is 0 Å². The highest BCUT2D eigenvalue weighted by Crippen LogP contribution is 2.32. The molecule has 3 rings (SSSR count). The standard InChI is InChI=1S/C18H18ClNO3/c1-18(2,13-4-3-5-14(19)9-13)10-20-17(21)12-6-7-15-16(8-12)23-11-22-15/h3-9H,10-11H2,1-2H3,(H,20,21). The fraction of sp³-hybridized carbons (Fsp3) is 0.278. The molecule has 1 aliphatic heterocycles. The summed E-state index contributed by atoms with van der Waals surface area (Å²) in [7, 11) is 0. The molecule has 2 aromatic rings. The molecular weight excluding hydrogens is 314 g/mol. The van der Waals surface area contributed by atoms with Crippen LogP contribution in [0.4, 0.5) is 0 Å². The van der Waals surface area contributed by atoms with Crippen LogP contribution >= 0.6 is 11.6 Å². The lowest BCUT2D eigenvalue weighted by Gasteiger charge is -2.26. The van der Waals surface area contributed by atoms with E-state index in [2.05, 4.69) is 19.2 Å². The molecule has 23 heavy (non-hydrogen) atoms. The van der Waals surface area contributed by atoms with E-state index in [1.54, 1.807) is 18.2 Å². The molecule has 4 nitrogen and oxygen atoms in total. The SMILES string of the molecule is CC(C)(CNC(=O)c1ccc2c(c1)OCO2)c1cccc(Cl)c1. The molecular formula is C18H18ClNO3. The van der Waals surface area contributed by atoms with E-state index in [0.29, 0.717) is 28.6 Å². The number of ether oxygens (including phenoxy) is 2. The summed E-state index contributed by atoms with van der Waals surface area (Å²) < 4.78 is 10.6. The van der Waals surface area contributed by atoms with E-state index in [0.717, 1.165) is 5.56 Å². The van der Waals surface area contributed by atoms with Crippen molar-refractivity contribution >= 4 is 17.5 Å². The summed E-state index contributed by atoms with van der Waals surface area (Å²) in [6.45, 7) is 4.83. The molecule has 5 heteroatoms. The molecule has 1 aliphatic rings. The molecule has 1 heterocycles. The monoisotopic (exact) mass is 331 g/mol. The highest BCUT2D eigenvalue weighted by molar-refractivity contribution is 6.30. The first kappa shape index (κ1) is 15.7. The third kappa shape index (κ3) is 3.42. The molecule has 0 aromatic heterocycles. The zero-order chi connectivity index (χ0) is 16.4. The minimum absolute atomic E-state index is 0.140. The van der Waals surface area contributed by atoms with Crippen molar-refractivity contribution in [3.05, 3.63) is 58.6 Å². The minimum atomic E-state index is -0.225. The number of nitrogens with one attached hydrogen (secondary N) is 1. The molecule has 0 atom stereocenters. The van der Waals surface area contributed by atoms with E-state index in [4.69, 9.17) is 21.1 Å². The minimum Gasteiger partial charge on any atom is -0.454 e. The van der Waals surface area contributed by atoms with Gasteiger partial charge in [-0.25, -0.2) is 0 Å². The Bertz CT molecular complexity index is 743. The number of hydrogen-bond donors (Lipinski definition) is 1. The van der Waals surface area contributed by atoms with Gasteiger partial charge in [0.05, 0.1) is 0 Å². The molecule has 0 saturated heterocycles. The van der Waals surface area contributed by atoms with Gasteiger partial charge in [-0.2, -0.15) is 0 Å². The fourth-order valence-electron chi connectivity index (χ4n) is 2.45. The number of carbonyl (C=O) groups excluding carboxylic acids is 1. The lowest BCUT2D eigenvalue weighted by Crippen LogP contribution is -2.36. The average molecular weight is 332 g/mol. The second-order valence-corrected chi connectivity index (χ2v) is 6.58. The second kappa shape index (κ2) is 6.13. The highest BCUT2D eigenvalue weighted by atomic mass is 35.5. The van der Waals surface area contributed by atoms with Crippen molar-refractivity contribution in [2.24, 2.45) is 0 Å². The molecule has 0 aliphatic carbocycles. The van der Waals surface area contributed by atoms with Gasteiger partial charge in [-0.3, -0.25) is 4.79 Å². The van der Waals surface area contributed by atoms with Crippen LogP contribution in [-0.4, -0.2) is 19.2 Å². The first-order valence-corrected chi connectivity index (χ1v) is 7.77. The Balaban J connectivity index is 1.68. The zero-order valence-corrected chi connectivity index (χ0v) is 13.8. The predicted molar refractivity (Wildman–Crippen MR) is 89.4 cm³/mol. The van der Waals surface area contributed by atoms with Gasteiger partial charge in [-0.15, -0.1) is 0 Å². The molecule has 0 radical (unpaired) electrons. The summed E-state index contributed by atoms with van der Waals surface area (Å²) in [6, 6.07) is 12.9. The maximum Gasteiger partial charge on any atom is 0.251 e. The van der Waals surface area contributed by atoms with Crippen LogP contribution in [0.5, 0.6) is 11.5 Å². The van der Waals surface area contributed by atoms with Gasteiger partial charge in [0.15, 0.2) is 11.5 Å². The lowest BCUT2D eigenvalue weighted by atomic mass is 9.84. The molecule has 2 aromatic carbocycles. The van der Waals surface area contributed by atoms with Crippen LogP contribution < -0.4 is 14.8 Å². The van der Waals surface area contributed by atoms with Gasteiger partial charge >= 0.3 is 0 Å². The molecule has 120 valence electrons. The first-order chi connectivity index (χ1) is 11.0. The average Bonchev–Trinajstić information content (AvgIpc) is 3.00. The zero-order valence-electron chi connectivity index (χ0n) is 13.1. The van der Waals surface area contributed by atoms with E-state index in [9.17, 15) is 4.79 Å². The van der Waals surface area contributed by atoms with E-state index >= 15 is 0 Å². The van der Waals surface area contributed by atoms with Crippen LogP contribution in [0.3, 0.4) is 0 Å². The summed E-state index contributed by atoms with van der Waals surface area (Å²) in [5.41, 5.74) is 1.41. The third-order valence-corrected chi connectivity index (χ3v) is 4.17. The fourth-order valence-corrected chi connectivity index (χ4v) is 2.64. The van der Waals surface area contributed by atoms with Crippen molar-refractivity contribution in [2.75, 3.05) is 13.3 Å². The Morgan fingerprint density at radius 3 is 2.74 bits per heavy atom. The van der Waals surface area contributed by atoms with E-state index in [-0.39, 0.29) is 18.1 Å².